The molecule has 3 aliphatic rings. The molecule has 150 valence electrons. The highest BCUT2D eigenvalue weighted by molar-refractivity contribution is 5.99. The number of fused-ring (bicyclic) bond motifs is 2. The predicted octanol–water partition coefficient (Wildman–Crippen LogP) is 2.08. The number of carbonyl (C=O) groups is 2. The molecule has 1 fully saturated rings. The van der Waals surface area contributed by atoms with Crippen molar-refractivity contribution in [3.63, 3.8) is 0 Å². The Morgan fingerprint density at radius 1 is 1.33 bits per heavy atom. The first-order valence-electron chi connectivity index (χ1n) is 9.77. The number of aliphatic hydroxyl groups excluding tert-OH is 2. The summed E-state index contributed by atoms with van der Waals surface area (Å²) in [5, 5.41) is 20.9. The van der Waals surface area contributed by atoms with Crippen molar-refractivity contribution < 1.29 is 29.3 Å². The van der Waals surface area contributed by atoms with Gasteiger partial charge in [0.25, 0.3) is 0 Å². The Balaban J connectivity index is 1.85. The highest BCUT2D eigenvalue weighted by Gasteiger charge is 2.52. The molecule has 27 heavy (non-hydrogen) atoms. The van der Waals surface area contributed by atoms with Crippen LogP contribution in [0.2, 0.25) is 0 Å². The van der Waals surface area contributed by atoms with E-state index >= 15 is 0 Å². The van der Waals surface area contributed by atoms with E-state index in [1.54, 1.807) is 19.9 Å². The van der Waals surface area contributed by atoms with Gasteiger partial charge in [-0.1, -0.05) is 19.6 Å². The van der Waals surface area contributed by atoms with Crippen molar-refractivity contribution in [2.45, 2.75) is 82.9 Å². The molecule has 0 unspecified atom stereocenters. The van der Waals surface area contributed by atoms with Crippen LogP contribution >= 0.6 is 0 Å². The molecule has 1 aliphatic carbocycles. The molecule has 0 radical (unpaired) electrons. The van der Waals surface area contributed by atoms with Crippen molar-refractivity contribution in [2.24, 2.45) is 11.8 Å². The summed E-state index contributed by atoms with van der Waals surface area (Å²) in [4.78, 5) is 24.9. The smallest absolute Gasteiger partial charge is 0.309 e. The zero-order valence-electron chi connectivity index (χ0n) is 16.3. The van der Waals surface area contributed by atoms with Crippen LogP contribution in [0.15, 0.2) is 23.8 Å². The maximum atomic E-state index is 12.5. The van der Waals surface area contributed by atoms with Gasteiger partial charge in [-0.05, 0) is 38.7 Å². The van der Waals surface area contributed by atoms with Crippen molar-refractivity contribution >= 4 is 11.8 Å². The maximum absolute atomic E-state index is 12.5. The number of hydrogen-bond acceptors (Lipinski definition) is 6. The Labute approximate surface area is 160 Å². The van der Waals surface area contributed by atoms with E-state index in [2.05, 4.69) is 13.5 Å². The highest BCUT2D eigenvalue weighted by Crippen LogP contribution is 2.45. The second-order valence-electron chi connectivity index (χ2n) is 8.52. The summed E-state index contributed by atoms with van der Waals surface area (Å²) >= 11 is 0. The van der Waals surface area contributed by atoms with Gasteiger partial charge in [0, 0.05) is 23.8 Å². The fraction of sp³-hybridized carbons (Fsp3) is 0.714. The van der Waals surface area contributed by atoms with E-state index in [9.17, 15) is 19.8 Å². The summed E-state index contributed by atoms with van der Waals surface area (Å²) in [6.07, 6.45) is 1.81. The number of Topliss-reactive ketones (excluding diaryl/α,β-unsaturated/α-hetero) is 1. The van der Waals surface area contributed by atoms with E-state index in [0.29, 0.717) is 12.8 Å². The number of esters is 1. The Kier molecular flexibility index (Phi) is 5.62. The molecule has 2 bridgehead atoms. The summed E-state index contributed by atoms with van der Waals surface area (Å²) in [5.41, 5.74) is 0.690. The van der Waals surface area contributed by atoms with Crippen molar-refractivity contribution in [2.75, 3.05) is 0 Å². The minimum Gasteiger partial charge on any atom is -0.458 e. The third-order valence-electron chi connectivity index (χ3n) is 6.26. The summed E-state index contributed by atoms with van der Waals surface area (Å²) in [6.45, 7) is 9.42. The molecule has 0 aromatic heterocycles. The number of hydrogen-bond donors (Lipinski definition) is 2. The third-order valence-corrected chi connectivity index (χ3v) is 6.26. The van der Waals surface area contributed by atoms with Gasteiger partial charge in [-0.3, -0.25) is 9.59 Å². The summed E-state index contributed by atoms with van der Waals surface area (Å²) < 4.78 is 11.4. The van der Waals surface area contributed by atoms with Gasteiger partial charge in [-0.25, -0.2) is 0 Å². The van der Waals surface area contributed by atoms with Gasteiger partial charge in [0.1, 0.15) is 6.10 Å². The monoisotopic (exact) mass is 378 g/mol. The average Bonchev–Trinajstić information content (AvgIpc) is 3.22. The van der Waals surface area contributed by atoms with E-state index in [-0.39, 0.29) is 35.4 Å². The van der Waals surface area contributed by atoms with Gasteiger partial charge in [-0.15, -0.1) is 0 Å². The molecule has 0 aromatic rings. The third kappa shape index (κ3) is 4.18. The largest absolute Gasteiger partial charge is 0.458 e. The molecular formula is C21H30O6. The average molecular weight is 378 g/mol. The van der Waals surface area contributed by atoms with Crippen LogP contribution in [0.1, 0.15) is 52.9 Å². The van der Waals surface area contributed by atoms with Gasteiger partial charge in [0.2, 0.25) is 0 Å². The maximum Gasteiger partial charge on any atom is 0.309 e. The van der Waals surface area contributed by atoms with Crippen LogP contribution in [0.4, 0.5) is 0 Å². The molecular weight excluding hydrogens is 348 g/mol. The Morgan fingerprint density at radius 2 is 2.04 bits per heavy atom. The van der Waals surface area contributed by atoms with E-state index in [1.165, 1.54) is 0 Å². The lowest BCUT2D eigenvalue weighted by atomic mass is 9.75. The number of carbonyl (C=O) groups excluding carboxylic acids is 2. The zero-order valence-corrected chi connectivity index (χ0v) is 16.3. The molecule has 2 N–H and O–H groups in total. The van der Waals surface area contributed by atoms with E-state index < -0.39 is 30.2 Å². The zero-order chi connectivity index (χ0) is 19.9. The number of rotatable bonds is 1. The number of aliphatic hydroxyl groups is 2. The Hall–Kier alpha value is -1.50. The van der Waals surface area contributed by atoms with E-state index in [4.69, 9.17) is 9.47 Å². The van der Waals surface area contributed by atoms with Gasteiger partial charge < -0.3 is 19.7 Å². The van der Waals surface area contributed by atoms with E-state index in [1.807, 2.05) is 0 Å². The predicted molar refractivity (Wildman–Crippen MR) is 98.8 cm³/mol. The minimum absolute atomic E-state index is 0.00254. The standard InChI is InChI=1S/C21H30O6/c1-11(2)16-10-17-21(4,27-17)7-5-6-13-8-14(15(22)9-18(23)26-16)20(25)12(3)19(13)24/h8,12-13,15-17,19,22,24H,1,5-7,9-10H2,2-4H3/t12-,13-,15+,16+,17+,19-,21-/m1/s1. The topological polar surface area (TPSA) is 96.4 Å². The lowest BCUT2D eigenvalue weighted by molar-refractivity contribution is -0.149. The molecule has 0 amide bonds. The van der Waals surface area contributed by atoms with Crippen LogP contribution in [0.25, 0.3) is 0 Å². The first-order valence-corrected chi connectivity index (χ1v) is 9.77. The first kappa shape index (κ1) is 20.2. The summed E-state index contributed by atoms with van der Waals surface area (Å²) in [6, 6.07) is 0. The molecule has 2 aliphatic heterocycles. The lowest BCUT2D eigenvalue weighted by Crippen LogP contribution is -2.40. The minimum atomic E-state index is -1.22. The SMILES string of the molecule is C=C(C)[C@@H]1C[C@@H]2O[C@]2(C)CCC[C@@H]2C=C(C(=O)[C@H](C)[C@H]2O)[C@@H](O)CC(=O)O1. The normalized spacial score (nSPS) is 43.1. The van der Waals surface area contributed by atoms with Crippen molar-refractivity contribution in [1.29, 1.82) is 0 Å². The van der Waals surface area contributed by atoms with Crippen LogP contribution in [0.5, 0.6) is 0 Å². The fourth-order valence-electron chi connectivity index (χ4n) is 4.25. The summed E-state index contributed by atoms with van der Waals surface area (Å²) in [5.74, 6) is -1.69. The molecule has 0 aromatic carbocycles. The van der Waals surface area contributed by atoms with Crippen LogP contribution in [-0.4, -0.2) is 52.0 Å². The van der Waals surface area contributed by atoms with Gasteiger partial charge >= 0.3 is 5.97 Å². The van der Waals surface area contributed by atoms with E-state index in [0.717, 1.165) is 18.4 Å². The van der Waals surface area contributed by atoms with Crippen molar-refractivity contribution in [3.05, 3.63) is 23.8 Å². The number of cyclic esters (lactones) is 1. The Morgan fingerprint density at radius 3 is 2.70 bits per heavy atom. The molecule has 0 spiro atoms. The van der Waals surface area contributed by atoms with Gasteiger partial charge in [0.05, 0.1) is 30.3 Å². The fourth-order valence-corrected chi connectivity index (χ4v) is 4.25. The number of ketones is 1. The lowest BCUT2D eigenvalue weighted by Gasteiger charge is -2.32. The van der Waals surface area contributed by atoms with Crippen molar-refractivity contribution in [3.8, 4) is 0 Å². The number of epoxide rings is 1. The summed E-state index contributed by atoms with van der Waals surface area (Å²) in [7, 11) is 0. The highest BCUT2D eigenvalue weighted by atomic mass is 16.6. The Bertz CT molecular complexity index is 668. The first-order chi connectivity index (χ1) is 12.6. The van der Waals surface area contributed by atoms with Crippen LogP contribution in [0, 0.1) is 11.8 Å². The molecule has 2 heterocycles. The number of ether oxygens (including phenoxy) is 2. The quantitative estimate of drug-likeness (QED) is 0.412. The van der Waals surface area contributed by atoms with Gasteiger partial charge in [0.15, 0.2) is 5.78 Å². The van der Waals surface area contributed by atoms with Crippen LogP contribution < -0.4 is 0 Å². The van der Waals surface area contributed by atoms with Crippen LogP contribution in [0.3, 0.4) is 0 Å². The molecule has 6 nitrogen and oxygen atoms in total. The second-order valence-corrected chi connectivity index (χ2v) is 8.52. The molecule has 3 rings (SSSR count). The molecule has 7 atom stereocenters. The van der Waals surface area contributed by atoms with Gasteiger partial charge in [-0.2, -0.15) is 0 Å². The van der Waals surface area contributed by atoms with Crippen LogP contribution in [-0.2, 0) is 19.1 Å². The molecule has 0 saturated carbocycles. The molecule has 6 heteroatoms. The second kappa shape index (κ2) is 7.49. The van der Waals surface area contributed by atoms with Crippen molar-refractivity contribution in [1.82, 2.24) is 0 Å². The molecule has 1 saturated heterocycles.